The van der Waals surface area contributed by atoms with Gasteiger partial charge in [0.25, 0.3) is 0 Å². The lowest BCUT2D eigenvalue weighted by Crippen LogP contribution is -2.44. The highest BCUT2D eigenvalue weighted by Crippen LogP contribution is 2.15. The Hall–Kier alpha value is -2.04. The molecule has 0 bridgehead atoms. The lowest BCUT2D eigenvalue weighted by Gasteiger charge is -2.27. The van der Waals surface area contributed by atoms with Crippen molar-refractivity contribution in [1.82, 2.24) is 4.90 Å². The van der Waals surface area contributed by atoms with Crippen molar-refractivity contribution < 1.29 is 19.1 Å². The first-order chi connectivity index (χ1) is 15.5. The molecule has 0 aliphatic rings. The summed E-state index contributed by atoms with van der Waals surface area (Å²) in [5.74, 6) is -0.0805. The molecule has 0 aromatic heterocycles. The molecule has 1 amide bonds. The number of ether oxygens (including phenoxy) is 2. The maximum Gasteiger partial charge on any atom is 0.410 e. The molecule has 1 unspecified atom stereocenters. The van der Waals surface area contributed by atoms with Crippen molar-refractivity contribution in [1.29, 1.82) is 0 Å². The van der Waals surface area contributed by atoms with Gasteiger partial charge in [0.15, 0.2) is 0 Å². The summed E-state index contributed by atoms with van der Waals surface area (Å²) in [6.45, 7) is 6.91. The molecule has 0 saturated carbocycles. The fourth-order valence-electron chi connectivity index (χ4n) is 3.67. The van der Waals surface area contributed by atoms with Gasteiger partial charge in [-0.2, -0.15) is 0 Å². The van der Waals surface area contributed by atoms with Crippen LogP contribution in [-0.4, -0.2) is 36.7 Å². The fraction of sp³-hybridized carbons (Fsp3) is 0.704. The van der Waals surface area contributed by atoms with Gasteiger partial charge >= 0.3 is 12.1 Å². The molecule has 0 radical (unpaired) electrons. The van der Waals surface area contributed by atoms with Crippen molar-refractivity contribution in [3.63, 3.8) is 0 Å². The monoisotopic (exact) mass is 447 g/mol. The third-order valence-corrected chi connectivity index (χ3v) is 5.67. The van der Waals surface area contributed by atoms with Crippen LogP contribution in [0.2, 0.25) is 0 Å². The number of nitrogens with zero attached hydrogens (tertiary/aromatic N) is 1. The van der Waals surface area contributed by atoms with Crippen molar-refractivity contribution in [3.05, 3.63) is 35.9 Å². The first kappa shape index (κ1) is 28.0. The minimum absolute atomic E-state index is 0.187. The van der Waals surface area contributed by atoms with Crippen LogP contribution in [0.4, 0.5) is 4.79 Å². The molecule has 0 heterocycles. The predicted molar refractivity (Wildman–Crippen MR) is 130 cm³/mol. The highest BCUT2D eigenvalue weighted by Gasteiger charge is 2.30. The number of likely N-dealkylation sites (N-methyl/N-ethyl adjacent to an activating group) is 1. The topological polar surface area (TPSA) is 55.8 Å². The average Bonchev–Trinajstić information content (AvgIpc) is 2.79. The molecular formula is C27H45NO4. The van der Waals surface area contributed by atoms with Crippen LogP contribution in [0.25, 0.3) is 0 Å². The van der Waals surface area contributed by atoms with Crippen LogP contribution in [0, 0.1) is 5.92 Å². The van der Waals surface area contributed by atoms with E-state index in [1.807, 2.05) is 44.2 Å². The normalized spacial score (nSPS) is 11.9. The first-order valence-corrected chi connectivity index (χ1v) is 12.6. The molecule has 0 aliphatic carbocycles. The van der Waals surface area contributed by atoms with Crippen molar-refractivity contribution in [2.45, 2.75) is 104 Å². The summed E-state index contributed by atoms with van der Waals surface area (Å²) in [5.41, 5.74) is 0.915. The van der Waals surface area contributed by atoms with E-state index in [9.17, 15) is 9.59 Å². The molecule has 0 fully saturated rings. The van der Waals surface area contributed by atoms with E-state index in [1.54, 1.807) is 7.05 Å². The van der Waals surface area contributed by atoms with E-state index in [2.05, 4.69) is 6.92 Å². The van der Waals surface area contributed by atoms with E-state index < -0.39 is 12.1 Å². The van der Waals surface area contributed by atoms with Crippen LogP contribution in [-0.2, 0) is 20.9 Å². The number of rotatable bonds is 17. The Balaban J connectivity index is 2.30. The Morgan fingerprint density at radius 3 is 1.97 bits per heavy atom. The molecule has 1 rings (SSSR count). The molecule has 0 N–H and O–H groups in total. The lowest BCUT2D eigenvalue weighted by atomic mass is 10.0. The summed E-state index contributed by atoms with van der Waals surface area (Å²) >= 11 is 0. The Morgan fingerprint density at radius 1 is 0.844 bits per heavy atom. The standard InChI is InChI=1S/C27H45NO4/c1-5-6-7-8-9-10-11-12-13-17-20-31-26(29)25(21-23(2)3)28(4)27(30)32-22-24-18-15-14-16-19-24/h14-16,18-19,23,25H,5-13,17,20-22H2,1-4H3. The van der Waals surface area contributed by atoms with Crippen LogP contribution in [0.5, 0.6) is 0 Å². The minimum Gasteiger partial charge on any atom is -0.464 e. The number of benzene rings is 1. The van der Waals surface area contributed by atoms with Crippen LogP contribution < -0.4 is 0 Å². The average molecular weight is 448 g/mol. The largest absolute Gasteiger partial charge is 0.464 e. The molecule has 0 aliphatic heterocycles. The molecule has 1 aromatic rings. The van der Waals surface area contributed by atoms with Crippen molar-refractivity contribution in [2.75, 3.05) is 13.7 Å². The van der Waals surface area contributed by atoms with Gasteiger partial charge in [0.2, 0.25) is 0 Å². The maximum atomic E-state index is 12.7. The zero-order valence-electron chi connectivity index (χ0n) is 20.8. The third kappa shape index (κ3) is 12.7. The van der Waals surface area contributed by atoms with Gasteiger partial charge in [0.05, 0.1) is 6.61 Å². The quantitative estimate of drug-likeness (QED) is 0.188. The van der Waals surface area contributed by atoms with Crippen LogP contribution in [0.1, 0.15) is 97.0 Å². The molecular weight excluding hydrogens is 402 g/mol. The highest BCUT2D eigenvalue weighted by atomic mass is 16.6. The van der Waals surface area contributed by atoms with Gasteiger partial charge in [-0.25, -0.2) is 9.59 Å². The van der Waals surface area contributed by atoms with Crippen molar-refractivity contribution in [3.8, 4) is 0 Å². The molecule has 1 atom stereocenters. The van der Waals surface area contributed by atoms with Gasteiger partial charge in [-0.05, 0) is 24.3 Å². The summed E-state index contributed by atoms with van der Waals surface area (Å²) in [7, 11) is 1.61. The van der Waals surface area contributed by atoms with Gasteiger partial charge in [-0.1, -0.05) is 109 Å². The second kappa shape index (κ2) is 17.5. The number of unbranched alkanes of at least 4 members (excludes halogenated alkanes) is 9. The summed E-state index contributed by atoms with van der Waals surface area (Å²) in [4.78, 5) is 26.6. The fourth-order valence-corrected chi connectivity index (χ4v) is 3.67. The maximum absolute atomic E-state index is 12.7. The number of esters is 1. The van der Waals surface area contributed by atoms with E-state index in [0.29, 0.717) is 13.0 Å². The third-order valence-electron chi connectivity index (χ3n) is 5.67. The van der Waals surface area contributed by atoms with Gasteiger partial charge in [0.1, 0.15) is 12.6 Å². The summed E-state index contributed by atoms with van der Waals surface area (Å²) < 4.78 is 10.9. The van der Waals surface area contributed by atoms with E-state index in [1.165, 1.54) is 56.3 Å². The van der Waals surface area contributed by atoms with Crippen molar-refractivity contribution in [2.24, 2.45) is 5.92 Å². The number of carbonyl (C=O) groups excluding carboxylic acids is 2. The minimum atomic E-state index is -0.624. The van der Waals surface area contributed by atoms with E-state index >= 15 is 0 Å². The second-order valence-corrected chi connectivity index (χ2v) is 9.15. The van der Waals surface area contributed by atoms with E-state index in [-0.39, 0.29) is 18.5 Å². The predicted octanol–water partition coefficient (Wildman–Crippen LogP) is 7.13. The molecule has 0 saturated heterocycles. The number of amides is 1. The molecule has 1 aromatic carbocycles. The zero-order valence-corrected chi connectivity index (χ0v) is 20.8. The summed E-state index contributed by atoms with van der Waals surface area (Å²) in [5, 5.41) is 0. The van der Waals surface area contributed by atoms with Crippen LogP contribution in [0.15, 0.2) is 30.3 Å². The first-order valence-electron chi connectivity index (χ1n) is 12.6. The van der Waals surface area contributed by atoms with E-state index in [0.717, 1.165) is 18.4 Å². The van der Waals surface area contributed by atoms with Crippen molar-refractivity contribution >= 4 is 12.1 Å². The van der Waals surface area contributed by atoms with Gasteiger partial charge in [-0.15, -0.1) is 0 Å². The second-order valence-electron chi connectivity index (χ2n) is 9.15. The van der Waals surface area contributed by atoms with E-state index in [4.69, 9.17) is 9.47 Å². The number of hydrogen-bond acceptors (Lipinski definition) is 4. The van der Waals surface area contributed by atoms with Gasteiger partial charge < -0.3 is 9.47 Å². The highest BCUT2D eigenvalue weighted by molar-refractivity contribution is 5.81. The Labute approximate surface area is 195 Å². The number of hydrogen-bond donors (Lipinski definition) is 0. The smallest absolute Gasteiger partial charge is 0.410 e. The van der Waals surface area contributed by atoms with Gasteiger partial charge in [-0.3, -0.25) is 4.90 Å². The molecule has 0 spiro atoms. The summed E-state index contributed by atoms with van der Waals surface area (Å²) in [6, 6.07) is 8.90. The Morgan fingerprint density at radius 2 is 1.41 bits per heavy atom. The van der Waals surface area contributed by atoms with Crippen LogP contribution in [0.3, 0.4) is 0 Å². The lowest BCUT2D eigenvalue weighted by molar-refractivity contribution is -0.149. The van der Waals surface area contributed by atoms with Crippen LogP contribution >= 0.6 is 0 Å². The zero-order chi connectivity index (χ0) is 23.6. The summed E-state index contributed by atoms with van der Waals surface area (Å²) in [6.07, 6.45) is 12.4. The Kier molecular flexibility index (Phi) is 15.3. The molecule has 32 heavy (non-hydrogen) atoms. The molecule has 182 valence electrons. The SMILES string of the molecule is CCCCCCCCCCCCOC(=O)C(CC(C)C)N(C)C(=O)OCc1ccccc1. The number of carbonyl (C=O) groups is 2. The molecule has 5 nitrogen and oxygen atoms in total. The molecule has 5 heteroatoms. The van der Waals surface area contributed by atoms with Gasteiger partial charge in [0, 0.05) is 7.05 Å². The Bertz CT molecular complexity index is 617.